The van der Waals surface area contributed by atoms with Gasteiger partial charge in [0, 0.05) is 11.8 Å². The molecule has 0 radical (unpaired) electrons. The number of fused-ring (bicyclic) bond motifs is 1. The molecule has 1 amide bonds. The molecule has 1 aliphatic heterocycles. The van der Waals surface area contributed by atoms with Crippen LogP contribution in [0.25, 0.3) is 0 Å². The SMILES string of the molecule is Cc1ccc(NC(=O)CSCC(=O)Oc2ccc3c(c2)OCO3)cc1. The number of aryl methyl sites for hydroxylation is 1. The molecular weight excluding hydrogens is 342 g/mol. The normalized spacial score (nSPS) is 11.9. The molecule has 0 fully saturated rings. The van der Waals surface area contributed by atoms with Crippen LogP contribution in [0.3, 0.4) is 0 Å². The number of carbonyl (C=O) groups excluding carboxylic acids is 2. The van der Waals surface area contributed by atoms with Crippen LogP contribution in [0.5, 0.6) is 17.2 Å². The summed E-state index contributed by atoms with van der Waals surface area (Å²) in [5, 5.41) is 2.78. The number of ether oxygens (including phenoxy) is 3. The Balaban J connectivity index is 1.40. The van der Waals surface area contributed by atoms with Gasteiger partial charge in [-0.3, -0.25) is 9.59 Å². The van der Waals surface area contributed by atoms with Gasteiger partial charge in [0.05, 0.1) is 11.5 Å². The standard InChI is InChI=1S/C18H17NO5S/c1-12-2-4-13(5-3-12)19-17(20)9-25-10-18(21)24-14-6-7-15-16(8-14)23-11-22-15/h2-8H,9-11H2,1H3,(H,19,20). The summed E-state index contributed by atoms with van der Waals surface area (Å²) in [7, 11) is 0. The number of amides is 1. The van der Waals surface area contributed by atoms with Crippen molar-refractivity contribution in [2.75, 3.05) is 23.6 Å². The van der Waals surface area contributed by atoms with E-state index < -0.39 is 5.97 Å². The van der Waals surface area contributed by atoms with Crippen LogP contribution in [0, 0.1) is 6.92 Å². The summed E-state index contributed by atoms with van der Waals surface area (Å²) >= 11 is 1.19. The van der Waals surface area contributed by atoms with Gasteiger partial charge in [-0.05, 0) is 31.2 Å². The number of anilines is 1. The monoisotopic (exact) mass is 359 g/mol. The molecule has 3 rings (SSSR count). The molecule has 130 valence electrons. The highest BCUT2D eigenvalue weighted by atomic mass is 32.2. The lowest BCUT2D eigenvalue weighted by Crippen LogP contribution is -2.17. The lowest BCUT2D eigenvalue weighted by atomic mass is 10.2. The fourth-order valence-corrected chi connectivity index (χ4v) is 2.75. The second kappa shape index (κ2) is 7.94. The minimum atomic E-state index is -0.424. The van der Waals surface area contributed by atoms with Crippen LogP contribution in [0.4, 0.5) is 5.69 Å². The molecule has 1 aliphatic rings. The van der Waals surface area contributed by atoms with E-state index in [1.807, 2.05) is 31.2 Å². The van der Waals surface area contributed by atoms with E-state index in [1.54, 1.807) is 18.2 Å². The molecule has 1 heterocycles. The van der Waals surface area contributed by atoms with Gasteiger partial charge in [-0.1, -0.05) is 17.7 Å². The number of benzene rings is 2. The zero-order valence-corrected chi connectivity index (χ0v) is 14.4. The first-order valence-electron chi connectivity index (χ1n) is 7.65. The second-order valence-corrected chi connectivity index (χ2v) is 6.38. The smallest absolute Gasteiger partial charge is 0.321 e. The fraction of sp³-hybridized carbons (Fsp3) is 0.222. The van der Waals surface area contributed by atoms with Gasteiger partial charge in [-0.25, -0.2) is 0 Å². The Hall–Kier alpha value is -2.67. The maximum atomic E-state index is 11.9. The number of esters is 1. The number of hydrogen-bond donors (Lipinski definition) is 1. The number of carbonyl (C=O) groups is 2. The van der Waals surface area contributed by atoms with Gasteiger partial charge >= 0.3 is 5.97 Å². The van der Waals surface area contributed by atoms with E-state index in [4.69, 9.17) is 14.2 Å². The maximum absolute atomic E-state index is 11.9. The van der Waals surface area contributed by atoms with Crippen LogP contribution in [-0.2, 0) is 9.59 Å². The van der Waals surface area contributed by atoms with E-state index in [-0.39, 0.29) is 24.2 Å². The Kier molecular flexibility index (Phi) is 5.45. The molecule has 0 saturated heterocycles. The third-order valence-electron chi connectivity index (χ3n) is 3.36. The van der Waals surface area contributed by atoms with Crippen molar-refractivity contribution in [1.29, 1.82) is 0 Å². The van der Waals surface area contributed by atoms with Gasteiger partial charge in [0.2, 0.25) is 12.7 Å². The van der Waals surface area contributed by atoms with Crippen molar-refractivity contribution < 1.29 is 23.8 Å². The summed E-state index contributed by atoms with van der Waals surface area (Å²) in [5.41, 5.74) is 1.86. The number of thioether (sulfide) groups is 1. The molecule has 0 aliphatic carbocycles. The number of hydrogen-bond acceptors (Lipinski definition) is 6. The van der Waals surface area contributed by atoms with E-state index in [1.165, 1.54) is 11.8 Å². The summed E-state index contributed by atoms with van der Waals surface area (Å²) in [6.07, 6.45) is 0. The Morgan fingerprint density at radius 2 is 1.84 bits per heavy atom. The first-order valence-corrected chi connectivity index (χ1v) is 8.80. The number of nitrogens with one attached hydrogen (secondary N) is 1. The molecule has 0 unspecified atom stereocenters. The Morgan fingerprint density at radius 1 is 1.08 bits per heavy atom. The highest BCUT2D eigenvalue weighted by Crippen LogP contribution is 2.35. The van der Waals surface area contributed by atoms with Gasteiger partial charge in [0.1, 0.15) is 5.75 Å². The molecule has 0 saturated carbocycles. The summed E-state index contributed by atoms with van der Waals surface area (Å²) in [6.45, 7) is 2.14. The minimum absolute atomic E-state index is 0.0791. The quantitative estimate of drug-likeness (QED) is 0.631. The van der Waals surface area contributed by atoms with Crippen LogP contribution >= 0.6 is 11.8 Å². The van der Waals surface area contributed by atoms with Crippen LogP contribution in [0.1, 0.15) is 5.56 Å². The largest absolute Gasteiger partial charge is 0.454 e. The Morgan fingerprint density at radius 3 is 2.64 bits per heavy atom. The van der Waals surface area contributed by atoms with Crippen LogP contribution in [-0.4, -0.2) is 30.2 Å². The van der Waals surface area contributed by atoms with E-state index in [9.17, 15) is 9.59 Å². The van der Waals surface area contributed by atoms with Crippen molar-refractivity contribution in [3.05, 3.63) is 48.0 Å². The van der Waals surface area contributed by atoms with Gasteiger partial charge in [-0.15, -0.1) is 11.8 Å². The van der Waals surface area contributed by atoms with E-state index in [0.717, 1.165) is 11.3 Å². The predicted molar refractivity (Wildman–Crippen MR) is 95.3 cm³/mol. The van der Waals surface area contributed by atoms with E-state index >= 15 is 0 Å². The third kappa shape index (κ3) is 4.90. The molecule has 25 heavy (non-hydrogen) atoms. The first kappa shape index (κ1) is 17.2. The Labute approximate surface area is 149 Å². The average molecular weight is 359 g/mol. The van der Waals surface area contributed by atoms with Gasteiger partial charge in [0.15, 0.2) is 11.5 Å². The lowest BCUT2D eigenvalue weighted by Gasteiger charge is -2.06. The zero-order chi connectivity index (χ0) is 17.6. The molecular formula is C18H17NO5S. The molecule has 0 bridgehead atoms. The second-order valence-electron chi connectivity index (χ2n) is 5.40. The van der Waals surface area contributed by atoms with Crippen LogP contribution < -0.4 is 19.5 Å². The van der Waals surface area contributed by atoms with Crippen molar-refractivity contribution in [3.63, 3.8) is 0 Å². The van der Waals surface area contributed by atoms with Crippen molar-refractivity contribution in [2.24, 2.45) is 0 Å². The highest BCUT2D eigenvalue weighted by Gasteiger charge is 2.15. The summed E-state index contributed by atoms with van der Waals surface area (Å²) in [6, 6.07) is 12.5. The van der Waals surface area contributed by atoms with Gasteiger partial charge < -0.3 is 19.5 Å². The molecule has 6 nitrogen and oxygen atoms in total. The fourth-order valence-electron chi connectivity index (χ4n) is 2.16. The van der Waals surface area contributed by atoms with Gasteiger partial charge in [0.25, 0.3) is 0 Å². The maximum Gasteiger partial charge on any atom is 0.321 e. The molecule has 0 spiro atoms. The van der Waals surface area contributed by atoms with E-state index in [0.29, 0.717) is 17.2 Å². The van der Waals surface area contributed by atoms with E-state index in [2.05, 4.69) is 5.32 Å². The number of rotatable bonds is 6. The molecule has 2 aromatic rings. The van der Waals surface area contributed by atoms with Crippen LogP contribution in [0.2, 0.25) is 0 Å². The van der Waals surface area contributed by atoms with Crippen molar-refractivity contribution in [2.45, 2.75) is 6.92 Å². The van der Waals surface area contributed by atoms with Crippen molar-refractivity contribution >= 4 is 29.3 Å². The summed E-state index contributed by atoms with van der Waals surface area (Å²) in [5.74, 6) is 1.23. The third-order valence-corrected chi connectivity index (χ3v) is 4.27. The first-order chi connectivity index (χ1) is 12.1. The summed E-state index contributed by atoms with van der Waals surface area (Å²) in [4.78, 5) is 23.7. The molecule has 1 N–H and O–H groups in total. The topological polar surface area (TPSA) is 73.9 Å². The molecule has 7 heteroatoms. The summed E-state index contributed by atoms with van der Waals surface area (Å²) < 4.78 is 15.6. The molecule has 2 aromatic carbocycles. The van der Waals surface area contributed by atoms with Crippen molar-refractivity contribution in [3.8, 4) is 17.2 Å². The molecule has 0 atom stereocenters. The zero-order valence-electron chi connectivity index (χ0n) is 13.6. The highest BCUT2D eigenvalue weighted by molar-refractivity contribution is 8.00. The van der Waals surface area contributed by atoms with Crippen molar-refractivity contribution in [1.82, 2.24) is 0 Å². The predicted octanol–water partition coefficient (Wildman–Crippen LogP) is 3.00. The van der Waals surface area contributed by atoms with Gasteiger partial charge in [-0.2, -0.15) is 0 Å². The Bertz CT molecular complexity index is 776. The lowest BCUT2D eigenvalue weighted by molar-refractivity contribution is -0.131. The minimum Gasteiger partial charge on any atom is -0.454 e. The van der Waals surface area contributed by atoms with Crippen LogP contribution in [0.15, 0.2) is 42.5 Å². The average Bonchev–Trinajstić information content (AvgIpc) is 3.04. The molecule has 0 aromatic heterocycles.